The van der Waals surface area contributed by atoms with Crippen molar-refractivity contribution in [1.29, 1.82) is 0 Å². The largest absolute Gasteiger partial charge is 0.493 e. The Hall–Kier alpha value is -1.61. The molecular weight excluding hydrogens is 396 g/mol. The third-order valence-electron chi connectivity index (χ3n) is 4.62. The summed E-state index contributed by atoms with van der Waals surface area (Å²) in [7, 11) is 1.61. The highest BCUT2D eigenvalue weighted by atomic mass is 32.2. The van der Waals surface area contributed by atoms with Gasteiger partial charge in [0.05, 0.1) is 31.8 Å². The SMILES string of the molecule is CCOc1ccc(C=C2SC(=S)N(CCCN3CCOCC3)C2=O)cc1OC. The Balaban J connectivity index is 1.62. The lowest BCUT2D eigenvalue weighted by Gasteiger charge is -2.27. The Bertz CT molecular complexity index is 748. The second-order valence-electron chi connectivity index (χ2n) is 6.48. The summed E-state index contributed by atoms with van der Waals surface area (Å²) in [5, 5.41) is 0. The van der Waals surface area contributed by atoms with E-state index in [1.54, 1.807) is 12.0 Å². The minimum Gasteiger partial charge on any atom is -0.493 e. The number of ether oxygens (including phenoxy) is 3. The van der Waals surface area contributed by atoms with Gasteiger partial charge in [0.2, 0.25) is 0 Å². The van der Waals surface area contributed by atoms with Crippen molar-refractivity contribution >= 4 is 40.3 Å². The van der Waals surface area contributed by atoms with E-state index in [1.165, 1.54) is 11.8 Å². The van der Waals surface area contributed by atoms with E-state index in [0.717, 1.165) is 44.8 Å². The molecule has 152 valence electrons. The van der Waals surface area contributed by atoms with Gasteiger partial charge in [-0.3, -0.25) is 14.6 Å². The molecule has 8 heteroatoms. The molecular formula is C20H26N2O4S2. The lowest BCUT2D eigenvalue weighted by Crippen LogP contribution is -2.38. The fraction of sp³-hybridized carbons (Fsp3) is 0.500. The number of hydrogen-bond acceptors (Lipinski definition) is 7. The first kappa shape index (κ1) is 21.1. The van der Waals surface area contributed by atoms with Crippen LogP contribution in [0.1, 0.15) is 18.9 Å². The van der Waals surface area contributed by atoms with E-state index in [1.807, 2.05) is 31.2 Å². The molecule has 2 aliphatic rings. The van der Waals surface area contributed by atoms with Crippen LogP contribution in [0.25, 0.3) is 6.08 Å². The number of amides is 1. The van der Waals surface area contributed by atoms with Gasteiger partial charge in [0, 0.05) is 26.2 Å². The van der Waals surface area contributed by atoms with Crippen molar-refractivity contribution in [2.75, 3.05) is 53.1 Å². The normalized spacial score (nSPS) is 19.5. The van der Waals surface area contributed by atoms with E-state index in [9.17, 15) is 4.79 Å². The maximum absolute atomic E-state index is 12.8. The smallest absolute Gasteiger partial charge is 0.266 e. The molecule has 3 rings (SSSR count). The van der Waals surface area contributed by atoms with Gasteiger partial charge in [-0.15, -0.1) is 0 Å². The number of benzene rings is 1. The molecule has 0 radical (unpaired) electrons. The van der Waals surface area contributed by atoms with Crippen LogP contribution in [-0.2, 0) is 9.53 Å². The first-order chi connectivity index (χ1) is 13.6. The number of rotatable bonds is 8. The number of morpholine rings is 1. The Morgan fingerprint density at radius 3 is 2.75 bits per heavy atom. The minimum atomic E-state index is -0.0233. The Morgan fingerprint density at radius 1 is 1.25 bits per heavy atom. The lowest BCUT2D eigenvalue weighted by molar-refractivity contribution is -0.122. The van der Waals surface area contributed by atoms with Gasteiger partial charge in [0.1, 0.15) is 4.32 Å². The number of carbonyl (C=O) groups excluding carboxylic acids is 1. The fourth-order valence-corrected chi connectivity index (χ4v) is 4.48. The zero-order valence-corrected chi connectivity index (χ0v) is 17.9. The quantitative estimate of drug-likeness (QED) is 0.471. The molecule has 1 aromatic rings. The molecule has 0 unspecified atom stereocenters. The van der Waals surface area contributed by atoms with Crippen molar-refractivity contribution in [1.82, 2.24) is 9.80 Å². The van der Waals surface area contributed by atoms with Crippen LogP contribution in [0, 0.1) is 0 Å². The van der Waals surface area contributed by atoms with Crippen molar-refractivity contribution in [3.05, 3.63) is 28.7 Å². The highest BCUT2D eigenvalue weighted by Crippen LogP contribution is 2.34. The van der Waals surface area contributed by atoms with Crippen molar-refractivity contribution in [2.45, 2.75) is 13.3 Å². The highest BCUT2D eigenvalue weighted by molar-refractivity contribution is 8.26. The summed E-state index contributed by atoms with van der Waals surface area (Å²) in [6.45, 7) is 7.58. The number of nitrogens with zero attached hydrogens (tertiary/aromatic N) is 2. The van der Waals surface area contributed by atoms with E-state index in [0.29, 0.717) is 33.9 Å². The van der Waals surface area contributed by atoms with Crippen molar-refractivity contribution < 1.29 is 19.0 Å². The van der Waals surface area contributed by atoms with Gasteiger partial charge in [-0.1, -0.05) is 30.0 Å². The van der Waals surface area contributed by atoms with Crippen LogP contribution >= 0.6 is 24.0 Å². The predicted molar refractivity (Wildman–Crippen MR) is 116 cm³/mol. The molecule has 0 atom stereocenters. The summed E-state index contributed by atoms with van der Waals surface area (Å²) in [4.78, 5) is 17.5. The molecule has 0 spiro atoms. The van der Waals surface area contributed by atoms with Crippen LogP contribution in [0.3, 0.4) is 0 Å². The molecule has 2 aliphatic heterocycles. The van der Waals surface area contributed by atoms with Crippen LogP contribution in [0.5, 0.6) is 11.5 Å². The lowest BCUT2D eigenvalue weighted by atomic mass is 10.2. The van der Waals surface area contributed by atoms with E-state index >= 15 is 0 Å². The van der Waals surface area contributed by atoms with Crippen molar-refractivity contribution in [3.63, 3.8) is 0 Å². The third kappa shape index (κ3) is 5.26. The second kappa shape index (κ2) is 10.2. The molecule has 2 heterocycles. The standard InChI is InChI=1S/C20H26N2O4S2/c1-3-26-16-6-5-15(13-17(16)24-2)14-18-19(23)22(20(27)28-18)8-4-7-21-9-11-25-12-10-21/h5-6,13-14H,3-4,7-12H2,1-2H3. The molecule has 0 aromatic heterocycles. The number of carbonyl (C=O) groups is 1. The highest BCUT2D eigenvalue weighted by Gasteiger charge is 2.31. The molecule has 1 aromatic carbocycles. The topological polar surface area (TPSA) is 51.2 Å². The van der Waals surface area contributed by atoms with Crippen LogP contribution < -0.4 is 9.47 Å². The summed E-state index contributed by atoms with van der Waals surface area (Å²) in [6, 6.07) is 5.64. The van der Waals surface area contributed by atoms with Gasteiger partial charge in [-0.2, -0.15) is 0 Å². The summed E-state index contributed by atoms with van der Waals surface area (Å²) < 4.78 is 16.9. The number of thioether (sulfide) groups is 1. The van der Waals surface area contributed by atoms with E-state index in [-0.39, 0.29) is 5.91 Å². The fourth-order valence-electron chi connectivity index (χ4n) is 3.17. The average molecular weight is 423 g/mol. The number of hydrogen-bond donors (Lipinski definition) is 0. The minimum absolute atomic E-state index is 0.0233. The second-order valence-corrected chi connectivity index (χ2v) is 8.16. The van der Waals surface area contributed by atoms with E-state index in [2.05, 4.69) is 4.90 Å². The third-order valence-corrected chi connectivity index (χ3v) is 6.00. The number of thiocarbonyl (C=S) groups is 1. The number of methoxy groups -OCH3 is 1. The van der Waals surface area contributed by atoms with Crippen molar-refractivity contribution in [3.8, 4) is 11.5 Å². The zero-order chi connectivity index (χ0) is 19.9. The average Bonchev–Trinajstić information content (AvgIpc) is 2.97. The summed E-state index contributed by atoms with van der Waals surface area (Å²) in [6.07, 6.45) is 2.76. The van der Waals surface area contributed by atoms with E-state index in [4.69, 9.17) is 26.4 Å². The molecule has 2 saturated heterocycles. The van der Waals surface area contributed by atoms with E-state index < -0.39 is 0 Å². The first-order valence-electron chi connectivity index (χ1n) is 9.48. The van der Waals surface area contributed by atoms with Gasteiger partial charge < -0.3 is 14.2 Å². The molecule has 0 bridgehead atoms. The molecule has 0 aliphatic carbocycles. The molecule has 28 heavy (non-hydrogen) atoms. The van der Waals surface area contributed by atoms with Crippen LogP contribution in [0.4, 0.5) is 0 Å². The zero-order valence-electron chi connectivity index (χ0n) is 16.3. The first-order valence-corrected chi connectivity index (χ1v) is 10.7. The van der Waals surface area contributed by atoms with Crippen molar-refractivity contribution in [2.24, 2.45) is 0 Å². The monoisotopic (exact) mass is 422 g/mol. The Morgan fingerprint density at radius 2 is 2.04 bits per heavy atom. The Kier molecular flexibility index (Phi) is 7.73. The van der Waals surface area contributed by atoms with Crippen LogP contribution in [0.15, 0.2) is 23.1 Å². The van der Waals surface area contributed by atoms with Crippen LogP contribution in [-0.4, -0.2) is 73.1 Å². The Labute approximate surface area is 175 Å². The summed E-state index contributed by atoms with van der Waals surface area (Å²) in [5.74, 6) is 1.32. The maximum atomic E-state index is 12.8. The van der Waals surface area contributed by atoms with Gasteiger partial charge in [0.25, 0.3) is 5.91 Å². The maximum Gasteiger partial charge on any atom is 0.266 e. The molecule has 0 saturated carbocycles. The summed E-state index contributed by atoms with van der Waals surface area (Å²) in [5.41, 5.74) is 0.883. The molecule has 2 fully saturated rings. The van der Waals surface area contributed by atoms with Crippen LogP contribution in [0.2, 0.25) is 0 Å². The predicted octanol–water partition coefficient (Wildman–Crippen LogP) is 3.02. The van der Waals surface area contributed by atoms with Gasteiger partial charge in [0.15, 0.2) is 11.5 Å². The molecule has 6 nitrogen and oxygen atoms in total. The van der Waals surface area contributed by atoms with Gasteiger partial charge in [-0.05, 0) is 37.1 Å². The molecule has 1 amide bonds. The van der Waals surface area contributed by atoms with Gasteiger partial charge >= 0.3 is 0 Å². The summed E-state index contributed by atoms with van der Waals surface area (Å²) >= 11 is 6.79. The van der Waals surface area contributed by atoms with Gasteiger partial charge in [-0.25, -0.2) is 0 Å². The molecule has 0 N–H and O–H groups in total.